The number of phenolic OH excluding ortho intramolecular Hbond substituents is 1. The molecule has 1 saturated heterocycles. The number of phenols is 1. The highest BCUT2D eigenvalue weighted by Gasteiger charge is 2.46. The fourth-order valence-electron chi connectivity index (χ4n) is 3.84. The van der Waals surface area contributed by atoms with E-state index in [1.165, 1.54) is 17.0 Å². The molecule has 0 saturated carbocycles. The average molecular weight is 487 g/mol. The summed E-state index contributed by atoms with van der Waals surface area (Å²) in [6, 6.07) is 11.4. The maximum atomic E-state index is 13.0. The van der Waals surface area contributed by atoms with Gasteiger partial charge >= 0.3 is 0 Å². The molecule has 0 radical (unpaired) electrons. The Kier molecular flexibility index (Phi) is 7.18. The first-order valence-corrected chi connectivity index (χ1v) is 11.1. The van der Waals surface area contributed by atoms with E-state index in [1.54, 1.807) is 6.07 Å². The van der Waals surface area contributed by atoms with E-state index in [-0.39, 0.29) is 22.6 Å². The number of likely N-dealkylation sites (tertiary alicyclic amines) is 1. The second-order valence-electron chi connectivity index (χ2n) is 7.59. The summed E-state index contributed by atoms with van der Waals surface area (Å²) >= 11 is 3.32. The highest BCUT2D eigenvalue weighted by atomic mass is 79.9. The normalized spacial score (nSPS) is 18.2. The lowest BCUT2D eigenvalue weighted by molar-refractivity contribution is -0.140. The van der Waals surface area contributed by atoms with E-state index in [4.69, 9.17) is 0 Å². The lowest BCUT2D eigenvalue weighted by Gasteiger charge is -2.28. The van der Waals surface area contributed by atoms with Crippen LogP contribution in [0, 0.1) is 6.92 Å². The molecule has 3 rings (SSSR count). The first kappa shape index (κ1) is 23.0. The van der Waals surface area contributed by atoms with E-state index in [9.17, 15) is 19.8 Å². The van der Waals surface area contributed by atoms with Gasteiger partial charge in [0.05, 0.1) is 17.2 Å². The fourth-order valence-corrected chi connectivity index (χ4v) is 4.20. The Morgan fingerprint density at radius 3 is 2.35 bits per heavy atom. The summed E-state index contributed by atoms with van der Waals surface area (Å²) in [4.78, 5) is 29.7. The molecule has 6 nitrogen and oxygen atoms in total. The van der Waals surface area contributed by atoms with Gasteiger partial charge in [-0.2, -0.15) is 0 Å². The number of hydrogen-bond donors (Lipinski definition) is 2. The molecule has 2 aromatic rings. The third-order valence-electron chi connectivity index (χ3n) is 5.70. The van der Waals surface area contributed by atoms with Crippen molar-refractivity contribution in [3.8, 4) is 5.75 Å². The zero-order valence-corrected chi connectivity index (χ0v) is 19.5. The number of aryl methyl sites for hydroxylation is 1. The van der Waals surface area contributed by atoms with Gasteiger partial charge in [0, 0.05) is 17.6 Å². The average Bonchev–Trinajstić information content (AvgIpc) is 3.01. The Bertz CT molecular complexity index is 1010. The van der Waals surface area contributed by atoms with E-state index in [2.05, 4.69) is 20.8 Å². The van der Waals surface area contributed by atoms with Gasteiger partial charge in [-0.1, -0.05) is 59.6 Å². The summed E-state index contributed by atoms with van der Waals surface area (Å²) in [5.41, 5.74) is 1.88. The number of aliphatic hydroxyl groups is 1. The molecule has 1 atom stereocenters. The molecule has 1 fully saturated rings. The molecule has 2 aromatic carbocycles. The number of rotatable bonds is 7. The summed E-state index contributed by atoms with van der Waals surface area (Å²) < 4.78 is 0.634. The van der Waals surface area contributed by atoms with Crippen LogP contribution >= 0.6 is 15.9 Å². The molecule has 1 heterocycles. The van der Waals surface area contributed by atoms with Crippen molar-refractivity contribution in [3.63, 3.8) is 0 Å². The summed E-state index contributed by atoms with van der Waals surface area (Å²) in [6.45, 7) is 8.69. The number of ketones is 1. The third-order valence-corrected chi connectivity index (χ3v) is 6.19. The van der Waals surface area contributed by atoms with Gasteiger partial charge in [-0.15, -0.1) is 0 Å². The quantitative estimate of drug-likeness (QED) is 0.347. The van der Waals surface area contributed by atoms with Crippen LogP contribution < -0.4 is 0 Å². The second-order valence-corrected chi connectivity index (χ2v) is 8.51. The molecule has 0 bridgehead atoms. The predicted molar refractivity (Wildman–Crippen MR) is 124 cm³/mol. The van der Waals surface area contributed by atoms with Gasteiger partial charge in [-0.25, -0.2) is 0 Å². The highest BCUT2D eigenvalue weighted by molar-refractivity contribution is 9.10. The Labute approximate surface area is 190 Å². The third kappa shape index (κ3) is 4.67. The van der Waals surface area contributed by atoms with Gasteiger partial charge in [0.15, 0.2) is 0 Å². The molecule has 7 heteroatoms. The molecule has 0 aliphatic carbocycles. The van der Waals surface area contributed by atoms with Crippen LogP contribution in [-0.4, -0.2) is 57.9 Å². The van der Waals surface area contributed by atoms with Crippen LogP contribution in [0.5, 0.6) is 5.75 Å². The Morgan fingerprint density at radius 1 is 1.10 bits per heavy atom. The van der Waals surface area contributed by atoms with Gasteiger partial charge in [-0.05, 0) is 43.8 Å². The number of aromatic hydroxyl groups is 1. The van der Waals surface area contributed by atoms with Crippen molar-refractivity contribution in [2.24, 2.45) is 0 Å². The summed E-state index contributed by atoms with van der Waals surface area (Å²) in [5, 5.41) is 21.4. The maximum Gasteiger partial charge on any atom is 0.295 e. The number of carbonyl (C=O) groups excluding carboxylic acids is 2. The van der Waals surface area contributed by atoms with Gasteiger partial charge in [0.1, 0.15) is 11.5 Å². The molecular weight excluding hydrogens is 460 g/mol. The van der Waals surface area contributed by atoms with E-state index in [0.29, 0.717) is 17.6 Å². The van der Waals surface area contributed by atoms with Crippen LogP contribution in [0.1, 0.15) is 36.6 Å². The van der Waals surface area contributed by atoms with Crippen LogP contribution in [0.15, 0.2) is 52.5 Å². The molecule has 0 spiro atoms. The van der Waals surface area contributed by atoms with Crippen molar-refractivity contribution >= 4 is 33.4 Å². The van der Waals surface area contributed by atoms with Crippen LogP contribution in [0.25, 0.3) is 5.76 Å². The number of likely N-dealkylation sites (N-methyl/N-ethyl adjacent to an activating group) is 1. The number of aliphatic hydroxyl groups excluding tert-OH is 1. The first-order valence-electron chi connectivity index (χ1n) is 10.3. The molecule has 1 aliphatic rings. The number of benzene rings is 2. The maximum absolute atomic E-state index is 13.0. The van der Waals surface area contributed by atoms with Gasteiger partial charge < -0.3 is 20.0 Å². The number of nitrogens with zero attached hydrogens (tertiary/aromatic N) is 2. The lowest BCUT2D eigenvalue weighted by Crippen LogP contribution is -2.38. The van der Waals surface area contributed by atoms with Crippen molar-refractivity contribution in [3.05, 3.63) is 69.2 Å². The van der Waals surface area contributed by atoms with Crippen LogP contribution in [-0.2, 0) is 9.59 Å². The van der Waals surface area contributed by atoms with E-state index >= 15 is 0 Å². The zero-order chi connectivity index (χ0) is 22.7. The standard InChI is InChI=1S/C24H27BrN2O4/c1-4-26(5-2)12-13-27-21(16-8-6-15(3)7-9-16)20(23(30)24(27)31)22(29)18-14-17(25)10-11-19(18)28/h6-11,14,21,28-29H,4-5,12-13H2,1-3H3/b22-20+. The molecule has 2 N–H and O–H groups in total. The number of Topliss-reactive ketones (excluding diaryl/α,β-unsaturated/α-hetero) is 1. The number of halogens is 1. The van der Waals surface area contributed by atoms with Gasteiger partial charge in [0.25, 0.3) is 11.7 Å². The highest BCUT2D eigenvalue weighted by Crippen LogP contribution is 2.41. The van der Waals surface area contributed by atoms with Crippen molar-refractivity contribution in [2.45, 2.75) is 26.8 Å². The Balaban J connectivity index is 2.13. The van der Waals surface area contributed by atoms with Gasteiger partial charge in [0.2, 0.25) is 0 Å². The number of hydrogen-bond acceptors (Lipinski definition) is 5. The smallest absolute Gasteiger partial charge is 0.295 e. The van der Waals surface area contributed by atoms with E-state index in [0.717, 1.165) is 24.2 Å². The zero-order valence-electron chi connectivity index (χ0n) is 17.9. The molecule has 1 aliphatic heterocycles. The van der Waals surface area contributed by atoms with Crippen LogP contribution in [0.4, 0.5) is 0 Å². The monoisotopic (exact) mass is 486 g/mol. The molecule has 31 heavy (non-hydrogen) atoms. The SMILES string of the molecule is CCN(CC)CCN1C(=O)C(=O)/C(=C(/O)c2cc(Br)ccc2O)C1c1ccc(C)cc1. The summed E-state index contributed by atoms with van der Waals surface area (Å²) in [6.07, 6.45) is 0. The number of amides is 1. The fraction of sp³-hybridized carbons (Fsp3) is 0.333. The first-order chi connectivity index (χ1) is 14.8. The Morgan fingerprint density at radius 2 is 1.74 bits per heavy atom. The minimum absolute atomic E-state index is 0.0122. The number of carbonyl (C=O) groups is 2. The molecule has 1 unspecified atom stereocenters. The van der Waals surface area contributed by atoms with Crippen LogP contribution in [0.2, 0.25) is 0 Å². The van der Waals surface area contributed by atoms with Crippen molar-refractivity contribution in [2.75, 3.05) is 26.2 Å². The van der Waals surface area contributed by atoms with Gasteiger partial charge in [-0.3, -0.25) is 9.59 Å². The van der Waals surface area contributed by atoms with Crippen molar-refractivity contribution < 1.29 is 19.8 Å². The topological polar surface area (TPSA) is 81.1 Å². The minimum Gasteiger partial charge on any atom is -0.507 e. The molecule has 164 valence electrons. The van der Waals surface area contributed by atoms with Crippen molar-refractivity contribution in [1.82, 2.24) is 9.80 Å². The molecule has 0 aromatic heterocycles. The second kappa shape index (κ2) is 9.66. The molecule has 1 amide bonds. The minimum atomic E-state index is -0.748. The Hall–Kier alpha value is -2.64. The largest absolute Gasteiger partial charge is 0.507 e. The lowest BCUT2D eigenvalue weighted by atomic mass is 9.94. The summed E-state index contributed by atoms with van der Waals surface area (Å²) in [7, 11) is 0. The predicted octanol–water partition coefficient (Wildman–Crippen LogP) is 4.23. The van der Waals surface area contributed by atoms with Crippen LogP contribution in [0.3, 0.4) is 0 Å². The van der Waals surface area contributed by atoms with E-state index < -0.39 is 17.7 Å². The van der Waals surface area contributed by atoms with Crippen molar-refractivity contribution in [1.29, 1.82) is 0 Å². The summed E-state index contributed by atoms with van der Waals surface area (Å²) in [5.74, 6) is -1.94. The molecular formula is C24H27BrN2O4. The van der Waals surface area contributed by atoms with E-state index in [1.807, 2.05) is 45.0 Å².